The van der Waals surface area contributed by atoms with E-state index in [4.69, 9.17) is 16.3 Å². The first kappa shape index (κ1) is 11.0. The molecule has 2 atom stereocenters. The zero-order valence-electron chi connectivity index (χ0n) is 9.03. The molecular weight excluding hydrogens is 212 g/mol. The number of halogens is 1. The highest BCUT2D eigenvalue weighted by Crippen LogP contribution is 2.34. The van der Waals surface area contributed by atoms with E-state index in [1.807, 2.05) is 12.5 Å². The summed E-state index contributed by atoms with van der Waals surface area (Å²) in [6.07, 6.45) is 6.17. The molecule has 4 heteroatoms. The molecule has 2 heterocycles. The number of imidazole rings is 1. The topological polar surface area (TPSA) is 27.1 Å². The minimum absolute atomic E-state index is 0.138. The molecule has 1 aliphatic rings. The highest BCUT2D eigenvalue weighted by Gasteiger charge is 2.28. The van der Waals surface area contributed by atoms with E-state index >= 15 is 0 Å². The maximum absolute atomic E-state index is 5.98. The molecule has 1 fully saturated rings. The molecule has 1 aliphatic heterocycles. The van der Waals surface area contributed by atoms with E-state index in [0.29, 0.717) is 11.8 Å². The van der Waals surface area contributed by atoms with Crippen molar-refractivity contribution in [3.05, 3.63) is 18.2 Å². The normalized spacial score (nSPS) is 26.8. The zero-order valence-corrected chi connectivity index (χ0v) is 9.78. The zero-order chi connectivity index (χ0) is 10.7. The van der Waals surface area contributed by atoms with Gasteiger partial charge in [-0.1, -0.05) is 0 Å². The Morgan fingerprint density at radius 2 is 2.53 bits per heavy atom. The SMILES string of the molecule is CCn1cncc1C1OCCCC1CCl. The second kappa shape index (κ2) is 4.99. The van der Waals surface area contributed by atoms with Crippen LogP contribution in [0.1, 0.15) is 31.6 Å². The predicted molar refractivity (Wildman–Crippen MR) is 60.0 cm³/mol. The summed E-state index contributed by atoms with van der Waals surface area (Å²) in [4.78, 5) is 4.18. The molecular formula is C11H17ClN2O. The van der Waals surface area contributed by atoms with Gasteiger partial charge in [0.15, 0.2) is 0 Å². The number of hydrogen-bond acceptors (Lipinski definition) is 2. The standard InChI is InChI=1S/C11H17ClN2O/c1-2-14-8-13-7-10(14)11-9(6-12)4-3-5-15-11/h7-9,11H,2-6H2,1H3. The third-order valence-corrected chi connectivity index (χ3v) is 3.42. The van der Waals surface area contributed by atoms with E-state index in [-0.39, 0.29) is 6.10 Å². The van der Waals surface area contributed by atoms with Crippen molar-refractivity contribution in [3.8, 4) is 0 Å². The fraction of sp³-hybridized carbons (Fsp3) is 0.727. The molecule has 0 radical (unpaired) electrons. The van der Waals surface area contributed by atoms with Crippen molar-refractivity contribution >= 4 is 11.6 Å². The number of nitrogens with zero attached hydrogens (tertiary/aromatic N) is 2. The summed E-state index contributed by atoms with van der Waals surface area (Å²) in [7, 11) is 0. The average Bonchev–Trinajstić information content (AvgIpc) is 2.76. The molecule has 1 aromatic heterocycles. The van der Waals surface area contributed by atoms with Gasteiger partial charge in [0.1, 0.15) is 6.10 Å². The van der Waals surface area contributed by atoms with Crippen molar-refractivity contribution in [1.82, 2.24) is 9.55 Å². The molecule has 0 aromatic carbocycles. The van der Waals surface area contributed by atoms with E-state index in [2.05, 4.69) is 16.5 Å². The third-order valence-electron chi connectivity index (χ3n) is 3.02. The second-order valence-corrected chi connectivity index (χ2v) is 4.26. The number of hydrogen-bond donors (Lipinski definition) is 0. The van der Waals surface area contributed by atoms with E-state index in [9.17, 15) is 0 Å². The van der Waals surface area contributed by atoms with Gasteiger partial charge in [-0.25, -0.2) is 4.98 Å². The number of aryl methyl sites for hydroxylation is 1. The lowest BCUT2D eigenvalue weighted by atomic mass is 9.94. The van der Waals surface area contributed by atoms with Gasteiger partial charge in [0.2, 0.25) is 0 Å². The van der Waals surface area contributed by atoms with Crippen molar-refractivity contribution in [2.24, 2.45) is 5.92 Å². The van der Waals surface area contributed by atoms with Crippen LogP contribution in [0.4, 0.5) is 0 Å². The quantitative estimate of drug-likeness (QED) is 0.744. The molecule has 3 nitrogen and oxygen atoms in total. The van der Waals surface area contributed by atoms with Crippen molar-refractivity contribution < 1.29 is 4.74 Å². The third kappa shape index (κ3) is 2.18. The van der Waals surface area contributed by atoms with Gasteiger partial charge < -0.3 is 9.30 Å². The largest absolute Gasteiger partial charge is 0.372 e. The van der Waals surface area contributed by atoms with Crippen LogP contribution in [0.2, 0.25) is 0 Å². The number of aromatic nitrogens is 2. The Kier molecular flexibility index (Phi) is 3.65. The minimum atomic E-state index is 0.138. The van der Waals surface area contributed by atoms with E-state index < -0.39 is 0 Å². The molecule has 1 aromatic rings. The maximum atomic E-state index is 5.98. The molecule has 15 heavy (non-hydrogen) atoms. The van der Waals surface area contributed by atoms with Gasteiger partial charge in [0, 0.05) is 24.9 Å². The monoisotopic (exact) mass is 228 g/mol. The molecule has 0 amide bonds. The Bertz CT molecular complexity index is 313. The number of ether oxygens (including phenoxy) is 1. The first-order chi connectivity index (χ1) is 7.36. The van der Waals surface area contributed by atoms with Gasteiger partial charge in [-0.3, -0.25) is 0 Å². The Labute approximate surface area is 95.4 Å². The Hall–Kier alpha value is -0.540. The molecule has 0 saturated carbocycles. The van der Waals surface area contributed by atoms with Crippen molar-refractivity contribution in [2.45, 2.75) is 32.4 Å². The van der Waals surface area contributed by atoms with Crippen LogP contribution in [0, 0.1) is 5.92 Å². The molecule has 0 spiro atoms. The fourth-order valence-corrected chi connectivity index (χ4v) is 2.48. The van der Waals surface area contributed by atoms with Gasteiger partial charge in [-0.05, 0) is 19.8 Å². The number of rotatable bonds is 3. The minimum Gasteiger partial charge on any atom is -0.372 e. The Balaban J connectivity index is 2.20. The Morgan fingerprint density at radius 3 is 3.27 bits per heavy atom. The van der Waals surface area contributed by atoms with Crippen molar-refractivity contribution in [3.63, 3.8) is 0 Å². The molecule has 1 saturated heterocycles. The van der Waals surface area contributed by atoms with E-state index in [0.717, 1.165) is 26.0 Å². The Morgan fingerprint density at radius 1 is 1.67 bits per heavy atom. The second-order valence-electron chi connectivity index (χ2n) is 3.95. The highest BCUT2D eigenvalue weighted by molar-refractivity contribution is 6.18. The van der Waals surface area contributed by atoms with Crippen LogP contribution in [-0.2, 0) is 11.3 Å². The molecule has 0 N–H and O–H groups in total. The molecule has 2 unspecified atom stereocenters. The molecule has 84 valence electrons. The van der Waals surface area contributed by atoms with Crippen LogP contribution < -0.4 is 0 Å². The summed E-state index contributed by atoms with van der Waals surface area (Å²) >= 11 is 5.98. The van der Waals surface area contributed by atoms with Crippen LogP contribution in [0.3, 0.4) is 0 Å². The number of alkyl halides is 1. The molecule has 2 rings (SSSR count). The first-order valence-corrected chi connectivity index (χ1v) is 6.07. The predicted octanol–water partition coefficient (Wildman–Crippen LogP) is 2.61. The highest BCUT2D eigenvalue weighted by atomic mass is 35.5. The first-order valence-electron chi connectivity index (χ1n) is 5.54. The summed E-state index contributed by atoms with van der Waals surface area (Å²) in [5, 5.41) is 0. The smallest absolute Gasteiger partial charge is 0.103 e. The van der Waals surface area contributed by atoms with Crippen LogP contribution in [0.25, 0.3) is 0 Å². The van der Waals surface area contributed by atoms with Crippen LogP contribution >= 0.6 is 11.6 Å². The lowest BCUT2D eigenvalue weighted by Crippen LogP contribution is -2.25. The lowest BCUT2D eigenvalue weighted by Gasteiger charge is -2.30. The van der Waals surface area contributed by atoms with Gasteiger partial charge in [0.05, 0.1) is 18.2 Å². The van der Waals surface area contributed by atoms with Gasteiger partial charge in [-0.2, -0.15) is 0 Å². The van der Waals surface area contributed by atoms with Gasteiger partial charge >= 0.3 is 0 Å². The van der Waals surface area contributed by atoms with Crippen LogP contribution in [0.5, 0.6) is 0 Å². The summed E-state index contributed by atoms with van der Waals surface area (Å²) in [5.74, 6) is 1.10. The van der Waals surface area contributed by atoms with Gasteiger partial charge in [0.25, 0.3) is 0 Å². The molecule has 0 bridgehead atoms. The van der Waals surface area contributed by atoms with Crippen molar-refractivity contribution in [2.75, 3.05) is 12.5 Å². The van der Waals surface area contributed by atoms with Crippen LogP contribution in [-0.4, -0.2) is 22.0 Å². The average molecular weight is 229 g/mol. The maximum Gasteiger partial charge on any atom is 0.103 e. The molecule has 0 aliphatic carbocycles. The summed E-state index contributed by atoms with van der Waals surface area (Å²) in [5.41, 5.74) is 1.17. The summed E-state index contributed by atoms with van der Waals surface area (Å²) in [6, 6.07) is 0. The van der Waals surface area contributed by atoms with Crippen LogP contribution in [0.15, 0.2) is 12.5 Å². The van der Waals surface area contributed by atoms with E-state index in [1.54, 1.807) is 0 Å². The lowest BCUT2D eigenvalue weighted by molar-refractivity contribution is -0.0252. The summed E-state index contributed by atoms with van der Waals surface area (Å²) < 4.78 is 7.96. The summed E-state index contributed by atoms with van der Waals surface area (Å²) in [6.45, 7) is 3.89. The fourth-order valence-electron chi connectivity index (χ4n) is 2.16. The van der Waals surface area contributed by atoms with Gasteiger partial charge in [-0.15, -0.1) is 11.6 Å². The van der Waals surface area contributed by atoms with E-state index in [1.165, 1.54) is 5.69 Å². The van der Waals surface area contributed by atoms with Crippen molar-refractivity contribution in [1.29, 1.82) is 0 Å².